The zero-order valence-electron chi connectivity index (χ0n) is 18.5. The van der Waals surface area contributed by atoms with Crippen molar-refractivity contribution < 1.29 is 26.7 Å². The van der Waals surface area contributed by atoms with Crippen LogP contribution in [0, 0.1) is 11.6 Å². The molecule has 4 aromatic rings. The molecular formula is C24H17BrF5N5O. The van der Waals surface area contributed by atoms with Gasteiger partial charge in [0.05, 0.1) is 33.9 Å². The minimum atomic E-state index is -4.58. The molecule has 36 heavy (non-hydrogen) atoms. The smallest absolute Gasteiger partial charge is 0.383 e. The molecule has 0 spiro atoms. The fourth-order valence-corrected chi connectivity index (χ4v) is 3.92. The summed E-state index contributed by atoms with van der Waals surface area (Å²) in [6.45, 7) is 1.27. The van der Waals surface area contributed by atoms with Gasteiger partial charge in [-0.3, -0.25) is 9.78 Å². The molecule has 0 aliphatic rings. The van der Waals surface area contributed by atoms with Crippen LogP contribution >= 0.6 is 15.9 Å². The number of hydrogen-bond donors (Lipinski definition) is 1. The van der Waals surface area contributed by atoms with Crippen molar-refractivity contribution in [1.82, 2.24) is 19.9 Å². The van der Waals surface area contributed by atoms with Crippen molar-refractivity contribution in [3.8, 4) is 0 Å². The van der Waals surface area contributed by atoms with Gasteiger partial charge in [-0.05, 0) is 53.2 Å². The number of nitrogens with zero attached hydrogens (tertiary/aromatic N) is 4. The second kappa shape index (κ2) is 9.76. The Hall–Kier alpha value is -3.67. The number of fused-ring (bicyclic) bond motifs is 1. The van der Waals surface area contributed by atoms with Gasteiger partial charge in [0.25, 0.3) is 5.91 Å². The van der Waals surface area contributed by atoms with Gasteiger partial charge in [-0.25, -0.2) is 18.7 Å². The third-order valence-electron chi connectivity index (χ3n) is 5.52. The van der Waals surface area contributed by atoms with Crippen LogP contribution in [0.25, 0.3) is 11.0 Å². The van der Waals surface area contributed by atoms with Crippen LogP contribution in [0.1, 0.15) is 40.1 Å². The quantitative estimate of drug-likeness (QED) is 0.297. The Kier molecular flexibility index (Phi) is 6.90. The SMILES string of the molecule is C[C@H](c1ccc(F)cc1F)N(Cc1ccc(C(F)(F)F)cn1)C(=O)c1cnc2nc(N)c(Br)cc2c1. The number of carbonyl (C=O) groups is 1. The van der Waals surface area contributed by atoms with Crippen LogP contribution in [-0.4, -0.2) is 25.8 Å². The van der Waals surface area contributed by atoms with E-state index in [1.807, 2.05) is 0 Å². The third-order valence-corrected chi connectivity index (χ3v) is 6.16. The second-order valence-corrected chi connectivity index (χ2v) is 8.79. The van der Waals surface area contributed by atoms with Gasteiger partial charge in [0.15, 0.2) is 5.65 Å². The summed E-state index contributed by atoms with van der Waals surface area (Å²) in [5, 5.41) is 0.496. The first-order valence-corrected chi connectivity index (χ1v) is 11.2. The van der Waals surface area contributed by atoms with E-state index in [-0.39, 0.29) is 29.2 Å². The van der Waals surface area contributed by atoms with Gasteiger partial charge >= 0.3 is 6.18 Å². The summed E-state index contributed by atoms with van der Waals surface area (Å²) in [4.78, 5) is 26.9. The van der Waals surface area contributed by atoms with E-state index in [4.69, 9.17) is 5.73 Å². The van der Waals surface area contributed by atoms with Gasteiger partial charge in [-0.15, -0.1) is 0 Å². The molecule has 3 aromatic heterocycles. The van der Waals surface area contributed by atoms with Crippen molar-refractivity contribution >= 4 is 38.7 Å². The van der Waals surface area contributed by atoms with Gasteiger partial charge in [0, 0.05) is 29.4 Å². The minimum Gasteiger partial charge on any atom is -0.383 e. The Morgan fingerprint density at radius 2 is 1.83 bits per heavy atom. The molecule has 0 saturated heterocycles. The molecule has 0 unspecified atom stereocenters. The van der Waals surface area contributed by atoms with Gasteiger partial charge < -0.3 is 10.6 Å². The number of pyridine rings is 3. The number of nitrogens with two attached hydrogens (primary N) is 1. The second-order valence-electron chi connectivity index (χ2n) is 7.94. The molecule has 0 aliphatic heterocycles. The number of carbonyl (C=O) groups excluding carboxylic acids is 1. The van der Waals surface area contributed by atoms with E-state index in [1.54, 1.807) is 6.07 Å². The number of rotatable bonds is 5. The van der Waals surface area contributed by atoms with Gasteiger partial charge in [-0.2, -0.15) is 13.2 Å². The maximum atomic E-state index is 14.6. The van der Waals surface area contributed by atoms with Crippen LogP contribution in [0.4, 0.5) is 27.8 Å². The first-order valence-electron chi connectivity index (χ1n) is 10.4. The van der Waals surface area contributed by atoms with Crippen LogP contribution in [0.3, 0.4) is 0 Å². The summed E-state index contributed by atoms with van der Waals surface area (Å²) in [7, 11) is 0. The predicted molar refractivity (Wildman–Crippen MR) is 126 cm³/mol. The highest BCUT2D eigenvalue weighted by Gasteiger charge is 2.31. The van der Waals surface area contributed by atoms with Crippen LogP contribution in [-0.2, 0) is 12.7 Å². The molecule has 1 atom stereocenters. The average Bonchev–Trinajstić information content (AvgIpc) is 2.82. The number of amides is 1. The monoisotopic (exact) mass is 565 g/mol. The van der Waals surface area contributed by atoms with E-state index in [1.165, 1.54) is 30.2 Å². The van der Waals surface area contributed by atoms with Crippen molar-refractivity contribution in [3.05, 3.63) is 93.3 Å². The Morgan fingerprint density at radius 1 is 1.08 bits per heavy atom. The number of aromatic nitrogens is 3. The largest absolute Gasteiger partial charge is 0.417 e. The average molecular weight is 566 g/mol. The normalized spacial score (nSPS) is 12.5. The Balaban J connectivity index is 1.74. The third kappa shape index (κ3) is 5.27. The number of hydrogen-bond acceptors (Lipinski definition) is 5. The molecule has 186 valence electrons. The Labute approximate surface area is 210 Å². The summed E-state index contributed by atoms with van der Waals surface area (Å²) < 4.78 is 67.4. The van der Waals surface area contributed by atoms with Crippen molar-refractivity contribution in [1.29, 1.82) is 0 Å². The molecular weight excluding hydrogens is 549 g/mol. The van der Waals surface area contributed by atoms with Crippen LogP contribution < -0.4 is 5.73 Å². The van der Waals surface area contributed by atoms with Crippen LogP contribution in [0.5, 0.6) is 0 Å². The maximum absolute atomic E-state index is 14.6. The Bertz CT molecular complexity index is 1450. The highest BCUT2D eigenvalue weighted by Crippen LogP contribution is 2.31. The van der Waals surface area contributed by atoms with E-state index < -0.39 is 35.3 Å². The zero-order chi connectivity index (χ0) is 26.2. The molecule has 0 aliphatic carbocycles. The van der Waals surface area contributed by atoms with Gasteiger partial charge in [0.2, 0.25) is 0 Å². The van der Waals surface area contributed by atoms with Crippen molar-refractivity contribution in [2.75, 3.05) is 5.73 Å². The number of anilines is 1. The number of nitrogen functional groups attached to an aromatic ring is 1. The van der Waals surface area contributed by atoms with E-state index in [0.29, 0.717) is 27.8 Å². The van der Waals surface area contributed by atoms with E-state index in [0.717, 1.165) is 18.2 Å². The molecule has 3 heterocycles. The van der Waals surface area contributed by atoms with Gasteiger partial charge in [-0.1, -0.05) is 6.07 Å². The number of alkyl halides is 3. The fraction of sp³-hybridized carbons (Fsp3) is 0.167. The molecule has 4 rings (SSSR count). The van der Waals surface area contributed by atoms with Crippen LogP contribution in [0.2, 0.25) is 0 Å². The molecule has 0 saturated carbocycles. The topological polar surface area (TPSA) is 85.0 Å². The lowest BCUT2D eigenvalue weighted by Gasteiger charge is -2.30. The van der Waals surface area contributed by atoms with Crippen LogP contribution in [0.15, 0.2) is 59.3 Å². The number of halogens is 6. The molecule has 0 fully saturated rings. The summed E-state index contributed by atoms with van der Waals surface area (Å²) in [5.41, 5.74) is 5.38. The predicted octanol–water partition coefficient (Wildman–Crippen LogP) is 6.07. The molecule has 12 heteroatoms. The Morgan fingerprint density at radius 3 is 2.47 bits per heavy atom. The lowest BCUT2D eigenvalue weighted by molar-refractivity contribution is -0.137. The van der Waals surface area contributed by atoms with E-state index >= 15 is 0 Å². The maximum Gasteiger partial charge on any atom is 0.417 e. The molecule has 1 aromatic carbocycles. The van der Waals surface area contributed by atoms with E-state index in [2.05, 4.69) is 30.9 Å². The molecule has 1 amide bonds. The molecule has 0 bridgehead atoms. The first kappa shape index (κ1) is 25.4. The minimum absolute atomic E-state index is 0.0163. The molecule has 0 radical (unpaired) electrons. The lowest BCUT2D eigenvalue weighted by Crippen LogP contribution is -2.34. The summed E-state index contributed by atoms with van der Waals surface area (Å²) in [6.07, 6.45) is -2.65. The van der Waals surface area contributed by atoms with Crippen molar-refractivity contribution in [2.45, 2.75) is 25.7 Å². The summed E-state index contributed by atoms with van der Waals surface area (Å²) in [5.74, 6) is -2.05. The summed E-state index contributed by atoms with van der Waals surface area (Å²) >= 11 is 3.27. The molecule has 2 N–H and O–H groups in total. The van der Waals surface area contributed by atoms with Crippen molar-refractivity contribution in [3.63, 3.8) is 0 Å². The van der Waals surface area contributed by atoms with E-state index in [9.17, 15) is 26.7 Å². The highest BCUT2D eigenvalue weighted by molar-refractivity contribution is 9.10. The fourth-order valence-electron chi connectivity index (χ4n) is 3.59. The first-order chi connectivity index (χ1) is 16.9. The standard InChI is InChI=1S/C24H17BrF5N5O/c1-12(18-5-3-16(26)8-20(18)27)35(11-17-4-2-15(10-32-17)24(28,29)30)23(36)14-6-13-7-19(25)21(31)34-22(13)33-9-14/h2-10,12H,11H2,1H3,(H2,31,33,34)/t12-/m1/s1. The lowest BCUT2D eigenvalue weighted by atomic mass is 10.0. The van der Waals surface area contributed by atoms with Crippen molar-refractivity contribution in [2.24, 2.45) is 0 Å². The van der Waals surface area contributed by atoms with Gasteiger partial charge in [0.1, 0.15) is 17.5 Å². The zero-order valence-corrected chi connectivity index (χ0v) is 20.1. The molecule has 6 nitrogen and oxygen atoms in total. The number of benzene rings is 1. The summed E-state index contributed by atoms with van der Waals surface area (Å²) in [6, 6.07) is 7.15. The highest BCUT2D eigenvalue weighted by atomic mass is 79.9.